The van der Waals surface area contributed by atoms with Crippen molar-refractivity contribution in [2.24, 2.45) is 11.3 Å². The van der Waals surface area contributed by atoms with E-state index in [0.29, 0.717) is 22.6 Å². The van der Waals surface area contributed by atoms with Crippen LogP contribution in [0.15, 0.2) is 18.2 Å². The minimum Gasteiger partial charge on any atom is -0.381 e. The molecule has 1 saturated heterocycles. The van der Waals surface area contributed by atoms with E-state index in [0.717, 1.165) is 63.8 Å². The largest absolute Gasteiger partial charge is 0.381 e. The number of rotatable bonds is 5. The van der Waals surface area contributed by atoms with Crippen LogP contribution < -0.4 is 10.2 Å². The SMILES string of the molecule is COC1CCC(CNC(=O)C2(C)CCN(c3ccc(Cl)cc3C#N)CC2)CC1. The third-order valence-corrected chi connectivity index (χ3v) is 6.75. The van der Waals surface area contributed by atoms with Crippen molar-refractivity contribution in [3.8, 4) is 6.07 Å². The first kappa shape index (κ1) is 21.0. The van der Waals surface area contributed by atoms with Gasteiger partial charge in [0.15, 0.2) is 0 Å². The van der Waals surface area contributed by atoms with Gasteiger partial charge in [-0.3, -0.25) is 4.79 Å². The quantitative estimate of drug-likeness (QED) is 0.802. The number of carbonyl (C=O) groups is 1. The molecular weight excluding hydrogens is 374 g/mol. The van der Waals surface area contributed by atoms with Gasteiger partial charge in [-0.1, -0.05) is 18.5 Å². The molecule has 0 spiro atoms. The molecule has 0 aromatic heterocycles. The number of hydrogen-bond donors (Lipinski definition) is 1. The van der Waals surface area contributed by atoms with Crippen LogP contribution in [0.2, 0.25) is 5.02 Å². The lowest BCUT2D eigenvalue weighted by molar-refractivity contribution is -0.131. The first-order valence-electron chi connectivity index (χ1n) is 10.2. The summed E-state index contributed by atoms with van der Waals surface area (Å²) < 4.78 is 5.43. The van der Waals surface area contributed by atoms with Crippen LogP contribution in [0.4, 0.5) is 5.69 Å². The Balaban J connectivity index is 1.51. The van der Waals surface area contributed by atoms with Crippen LogP contribution in [0.25, 0.3) is 0 Å². The Labute approximate surface area is 173 Å². The average Bonchev–Trinajstić information content (AvgIpc) is 2.73. The first-order chi connectivity index (χ1) is 13.4. The van der Waals surface area contributed by atoms with Crippen molar-refractivity contribution in [3.63, 3.8) is 0 Å². The van der Waals surface area contributed by atoms with Crippen molar-refractivity contribution in [2.45, 2.75) is 51.6 Å². The Hall–Kier alpha value is -1.77. The second-order valence-corrected chi connectivity index (χ2v) is 8.85. The second kappa shape index (κ2) is 9.15. The van der Waals surface area contributed by atoms with Gasteiger partial charge >= 0.3 is 0 Å². The summed E-state index contributed by atoms with van der Waals surface area (Å²) in [5.74, 6) is 0.726. The summed E-state index contributed by atoms with van der Waals surface area (Å²) in [6, 6.07) is 7.65. The van der Waals surface area contributed by atoms with Gasteiger partial charge in [-0.05, 0) is 62.6 Å². The van der Waals surface area contributed by atoms with Crippen LogP contribution in [0.3, 0.4) is 0 Å². The van der Waals surface area contributed by atoms with E-state index in [1.165, 1.54) is 0 Å². The maximum absolute atomic E-state index is 12.9. The highest BCUT2D eigenvalue weighted by molar-refractivity contribution is 6.30. The van der Waals surface area contributed by atoms with Crippen LogP contribution in [0.1, 0.15) is 51.0 Å². The number of halogens is 1. The van der Waals surface area contributed by atoms with Crippen molar-refractivity contribution >= 4 is 23.2 Å². The fourth-order valence-corrected chi connectivity index (χ4v) is 4.54. The van der Waals surface area contributed by atoms with Gasteiger partial charge < -0.3 is 15.0 Å². The van der Waals surface area contributed by atoms with Gasteiger partial charge in [-0.2, -0.15) is 5.26 Å². The Morgan fingerprint density at radius 2 is 2.00 bits per heavy atom. The summed E-state index contributed by atoms with van der Waals surface area (Å²) in [5.41, 5.74) is 1.15. The number of amides is 1. The summed E-state index contributed by atoms with van der Waals surface area (Å²) in [6.07, 6.45) is 6.37. The van der Waals surface area contributed by atoms with E-state index < -0.39 is 0 Å². The molecule has 2 aliphatic rings. The number of nitriles is 1. The molecule has 1 aromatic carbocycles. The van der Waals surface area contributed by atoms with Crippen LogP contribution in [-0.4, -0.2) is 38.8 Å². The van der Waals surface area contributed by atoms with Crippen molar-refractivity contribution in [3.05, 3.63) is 28.8 Å². The number of anilines is 1. The predicted molar refractivity (Wildman–Crippen MR) is 111 cm³/mol. The third kappa shape index (κ3) is 4.79. The van der Waals surface area contributed by atoms with E-state index in [2.05, 4.69) is 23.2 Å². The highest BCUT2D eigenvalue weighted by atomic mass is 35.5. The number of benzene rings is 1. The molecule has 152 valence electrons. The normalized spacial score (nSPS) is 24.4. The van der Waals surface area contributed by atoms with E-state index >= 15 is 0 Å². The molecule has 2 fully saturated rings. The van der Waals surface area contributed by atoms with Crippen LogP contribution in [0.5, 0.6) is 0 Å². The van der Waals surface area contributed by atoms with E-state index in [1.807, 2.05) is 12.1 Å². The number of methoxy groups -OCH3 is 1. The molecule has 1 saturated carbocycles. The zero-order valence-electron chi connectivity index (χ0n) is 16.8. The summed E-state index contributed by atoms with van der Waals surface area (Å²) >= 11 is 6.01. The molecule has 3 rings (SSSR count). The number of nitrogens with zero attached hydrogens (tertiary/aromatic N) is 2. The van der Waals surface area contributed by atoms with Crippen molar-refractivity contribution < 1.29 is 9.53 Å². The van der Waals surface area contributed by atoms with Gasteiger partial charge in [0.05, 0.1) is 17.4 Å². The molecule has 0 bridgehead atoms. The summed E-state index contributed by atoms with van der Waals surface area (Å²) in [4.78, 5) is 15.1. The standard InChI is InChI=1S/C22H30ClN3O2/c1-22(21(27)25-15-16-3-6-19(28-2)7-4-16)9-11-26(12-10-22)20-8-5-18(23)13-17(20)14-24/h5,8,13,16,19H,3-4,6-7,9-12,15H2,1-2H3,(H,25,27). The molecule has 1 aromatic rings. The van der Waals surface area contributed by atoms with Gasteiger partial charge in [0.2, 0.25) is 5.91 Å². The second-order valence-electron chi connectivity index (χ2n) is 8.41. The summed E-state index contributed by atoms with van der Waals surface area (Å²) in [7, 11) is 1.78. The summed E-state index contributed by atoms with van der Waals surface area (Å²) in [5, 5.41) is 13.2. The maximum atomic E-state index is 12.9. The molecule has 0 radical (unpaired) electrons. The number of ether oxygens (including phenoxy) is 1. The Bertz CT molecular complexity index is 730. The van der Waals surface area contributed by atoms with Crippen molar-refractivity contribution in [1.29, 1.82) is 5.26 Å². The van der Waals surface area contributed by atoms with Gasteiger partial charge in [0.25, 0.3) is 0 Å². The minimum absolute atomic E-state index is 0.164. The molecule has 0 atom stereocenters. The lowest BCUT2D eigenvalue weighted by Gasteiger charge is -2.40. The van der Waals surface area contributed by atoms with Crippen LogP contribution >= 0.6 is 11.6 Å². The van der Waals surface area contributed by atoms with E-state index in [1.54, 1.807) is 13.2 Å². The maximum Gasteiger partial charge on any atom is 0.226 e. The molecule has 1 heterocycles. The minimum atomic E-state index is -0.348. The molecule has 1 amide bonds. The smallest absolute Gasteiger partial charge is 0.226 e. The Morgan fingerprint density at radius 1 is 1.32 bits per heavy atom. The topological polar surface area (TPSA) is 65.4 Å². The average molecular weight is 404 g/mol. The highest BCUT2D eigenvalue weighted by Gasteiger charge is 2.37. The molecule has 1 N–H and O–H groups in total. The lowest BCUT2D eigenvalue weighted by Crippen LogP contribution is -2.48. The molecule has 6 heteroatoms. The third-order valence-electron chi connectivity index (χ3n) is 6.51. The monoisotopic (exact) mass is 403 g/mol. The van der Waals surface area contributed by atoms with Crippen molar-refractivity contribution in [1.82, 2.24) is 5.32 Å². The Kier molecular flexibility index (Phi) is 6.85. The van der Waals surface area contributed by atoms with E-state index in [4.69, 9.17) is 16.3 Å². The predicted octanol–water partition coefficient (Wildman–Crippen LogP) is 4.14. The van der Waals surface area contributed by atoms with Crippen LogP contribution in [-0.2, 0) is 9.53 Å². The number of hydrogen-bond acceptors (Lipinski definition) is 4. The number of piperidine rings is 1. The van der Waals surface area contributed by atoms with Gasteiger partial charge in [0.1, 0.15) is 6.07 Å². The lowest BCUT2D eigenvalue weighted by atomic mass is 9.79. The zero-order valence-corrected chi connectivity index (χ0v) is 17.6. The van der Waals surface area contributed by atoms with E-state index in [9.17, 15) is 10.1 Å². The summed E-state index contributed by atoms with van der Waals surface area (Å²) in [6.45, 7) is 4.36. The highest BCUT2D eigenvalue weighted by Crippen LogP contribution is 2.35. The number of carbonyl (C=O) groups excluding carboxylic acids is 1. The molecule has 28 heavy (non-hydrogen) atoms. The van der Waals surface area contributed by atoms with Gasteiger partial charge in [-0.15, -0.1) is 0 Å². The zero-order chi connectivity index (χ0) is 20.1. The fraction of sp³-hybridized carbons (Fsp3) is 0.636. The molecule has 1 aliphatic carbocycles. The molecule has 1 aliphatic heterocycles. The van der Waals surface area contributed by atoms with Gasteiger partial charge in [0, 0.05) is 37.2 Å². The molecular formula is C22H30ClN3O2. The fourth-order valence-electron chi connectivity index (χ4n) is 4.36. The van der Waals surface area contributed by atoms with Crippen LogP contribution in [0, 0.1) is 22.7 Å². The van der Waals surface area contributed by atoms with Crippen molar-refractivity contribution in [2.75, 3.05) is 31.6 Å². The Morgan fingerprint density at radius 3 is 2.61 bits per heavy atom. The van der Waals surface area contributed by atoms with Gasteiger partial charge in [-0.25, -0.2) is 0 Å². The van der Waals surface area contributed by atoms with E-state index in [-0.39, 0.29) is 11.3 Å². The molecule has 0 unspecified atom stereocenters. The molecule has 5 nitrogen and oxygen atoms in total. The first-order valence-corrected chi connectivity index (χ1v) is 10.6. The number of nitrogens with one attached hydrogen (secondary N) is 1.